The molecular weight excluding hydrogens is 254 g/mol. The molecule has 0 unspecified atom stereocenters. The number of guanidine groups is 1. The number of methoxy groups -OCH3 is 2. The third-order valence-electron chi connectivity index (χ3n) is 2.07. The van der Waals surface area contributed by atoms with Crippen LogP contribution in [-0.4, -0.2) is 31.3 Å². The first-order valence-corrected chi connectivity index (χ1v) is 5.02. The molecule has 9 heteroatoms. The Labute approximate surface area is 108 Å². The molecule has 1 rings (SSSR count). The van der Waals surface area contributed by atoms with Gasteiger partial charge in [0.2, 0.25) is 5.96 Å². The summed E-state index contributed by atoms with van der Waals surface area (Å²) in [7, 11) is 2.78. The van der Waals surface area contributed by atoms with Crippen molar-refractivity contribution in [2.24, 2.45) is 21.7 Å². The molecule has 0 heterocycles. The van der Waals surface area contributed by atoms with Gasteiger partial charge in [0.05, 0.1) is 31.4 Å². The molecule has 0 atom stereocenters. The number of nitro groups is 1. The highest BCUT2D eigenvalue weighted by molar-refractivity contribution is 5.87. The van der Waals surface area contributed by atoms with Crippen molar-refractivity contribution in [3.63, 3.8) is 0 Å². The fourth-order valence-corrected chi connectivity index (χ4v) is 1.34. The number of non-ortho nitro benzene ring substituents is 1. The summed E-state index contributed by atoms with van der Waals surface area (Å²) in [6.45, 7) is 0. The number of hydrogen-bond donors (Lipinski definition) is 2. The maximum atomic E-state index is 10.8. The molecule has 0 fully saturated rings. The molecule has 0 spiro atoms. The molecule has 0 aliphatic heterocycles. The molecule has 0 aliphatic carbocycles. The standard InChI is InChI=1S/C10H13N5O4/c1-18-8-4-7(15(16)17)3-6(9(8)19-2)5-13-14-10(11)12/h3-5H,1-2H3,(H4,11,12,14). The predicted octanol–water partition coefficient (Wildman–Crippen LogP) is 0.219. The van der Waals surface area contributed by atoms with Crippen molar-refractivity contribution >= 4 is 17.9 Å². The van der Waals surface area contributed by atoms with Gasteiger partial charge in [0, 0.05) is 11.6 Å². The summed E-state index contributed by atoms with van der Waals surface area (Å²) in [6, 6.07) is 2.52. The molecule has 0 bridgehead atoms. The lowest BCUT2D eigenvalue weighted by atomic mass is 10.1. The molecular formula is C10H13N5O4. The molecule has 0 radical (unpaired) electrons. The zero-order chi connectivity index (χ0) is 14.4. The van der Waals surface area contributed by atoms with Gasteiger partial charge in [-0.3, -0.25) is 10.1 Å². The SMILES string of the molecule is COc1cc([N+](=O)[O-])cc(C=NN=C(N)N)c1OC. The quantitative estimate of drug-likeness (QED) is 0.338. The number of nitro benzene ring substituents is 1. The first kappa shape index (κ1) is 14.2. The minimum absolute atomic E-state index is 0.163. The van der Waals surface area contributed by atoms with Crippen LogP contribution in [0.5, 0.6) is 11.5 Å². The van der Waals surface area contributed by atoms with Crippen LogP contribution < -0.4 is 20.9 Å². The average molecular weight is 267 g/mol. The van der Waals surface area contributed by atoms with E-state index in [0.29, 0.717) is 11.3 Å². The minimum atomic E-state index is -0.556. The predicted molar refractivity (Wildman–Crippen MR) is 69.6 cm³/mol. The highest BCUT2D eigenvalue weighted by Gasteiger charge is 2.16. The number of nitrogens with zero attached hydrogens (tertiary/aromatic N) is 3. The fraction of sp³-hybridized carbons (Fsp3) is 0.200. The Morgan fingerprint density at radius 2 is 2.05 bits per heavy atom. The molecule has 0 aliphatic rings. The Kier molecular flexibility index (Phi) is 4.63. The average Bonchev–Trinajstić information content (AvgIpc) is 2.37. The molecule has 0 saturated heterocycles. The van der Waals surface area contributed by atoms with Crippen molar-refractivity contribution in [1.29, 1.82) is 0 Å². The molecule has 0 aromatic heterocycles. The van der Waals surface area contributed by atoms with E-state index in [-0.39, 0.29) is 17.4 Å². The molecule has 1 aromatic rings. The first-order valence-electron chi connectivity index (χ1n) is 5.02. The first-order chi connectivity index (χ1) is 8.99. The highest BCUT2D eigenvalue weighted by Crippen LogP contribution is 2.34. The van der Waals surface area contributed by atoms with E-state index in [2.05, 4.69) is 10.2 Å². The zero-order valence-corrected chi connectivity index (χ0v) is 10.4. The fourth-order valence-electron chi connectivity index (χ4n) is 1.34. The molecule has 9 nitrogen and oxygen atoms in total. The normalized spacial score (nSPS) is 10.2. The summed E-state index contributed by atoms with van der Waals surface area (Å²) >= 11 is 0. The van der Waals surface area contributed by atoms with Gasteiger partial charge in [0.1, 0.15) is 0 Å². The highest BCUT2D eigenvalue weighted by atomic mass is 16.6. The van der Waals surface area contributed by atoms with Crippen molar-refractivity contribution in [2.75, 3.05) is 14.2 Å². The number of rotatable bonds is 5. The summed E-state index contributed by atoms with van der Waals surface area (Å²) in [5.41, 5.74) is 10.4. The maximum Gasteiger partial charge on any atom is 0.274 e. The van der Waals surface area contributed by atoms with Gasteiger partial charge in [0.15, 0.2) is 11.5 Å². The Morgan fingerprint density at radius 1 is 1.37 bits per heavy atom. The number of benzene rings is 1. The van der Waals surface area contributed by atoms with Crippen molar-refractivity contribution in [2.45, 2.75) is 0 Å². The topological polar surface area (TPSA) is 138 Å². The second-order valence-electron chi connectivity index (χ2n) is 3.30. The number of ether oxygens (including phenoxy) is 2. The van der Waals surface area contributed by atoms with Crippen molar-refractivity contribution in [1.82, 2.24) is 0 Å². The summed E-state index contributed by atoms with van der Waals surface area (Å²) in [4.78, 5) is 10.2. The third kappa shape index (κ3) is 3.56. The molecule has 4 N–H and O–H groups in total. The van der Waals surface area contributed by atoms with Gasteiger partial charge in [-0.05, 0) is 0 Å². The lowest BCUT2D eigenvalue weighted by molar-refractivity contribution is -0.385. The van der Waals surface area contributed by atoms with Gasteiger partial charge in [-0.15, -0.1) is 5.10 Å². The molecule has 19 heavy (non-hydrogen) atoms. The smallest absolute Gasteiger partial charge is 0.274 e. The van der Waals surface area contributed by atoms with Crippen LogP contribution in [0.3, 0.4) is 0 Å². The second kappa shape index (κ2) is 6.19. The van der Waals surface area contributed by atoms with Crippen LogP contribution in [0.2, 0.25) is 0 Å². The molecule has 1 aromatic carbocycles. The van der Waals surface area contributed by atoms with Crippen LogP contribution >= 0.6 is 0 Å². The van der Waals surface area contributed by atoms with E-state index in [1.54, 1.807) is 0 Å². The molecule has 0 saturated carbocycles. The van der Waals surface area contributed by atoms with Crippen LogP contribution in [0.15, 0.2) is 22.3 Å². The van der Waals surface area contributed by atoms with Gasteiger partial charge in [-0.2, -0.15) is 5.10 Å². The van der Waals surface area contributed by atoms with E-state index in [1.807, 2.05) is 0 Å². The Balaban J connectivity index is 3.33. The van der Waals surface area contributed by atoms with Crippen LogP contribution in [-0.2, 0) is 0 Å². The van der Waals surface area contributed by atoms with Gasteiger partial charge >= 0.3 is 0 Å². The van der Waals surface area contributed by atoms with Gasteiger partial charge in [-0.25, -0.2) is 0 Å². The van der Waals surface area contributed by atoms with Crippen molar-refractivity contribution in [3.05, 3.63) is 27.8 Å². The summed E-state index contributed by atoms with van der Waals surface area (Å²) in [6.07, 6.45) is 1.23. The molecule has 0 amide bonds. The number of nitrogens with two attached hydrogens (primary N) is 2. The van der Waals surface area contributed by atoms with Gasteiger partial charge in [0.25, 0.3) is 5.69 Å². The largest absolute Gasteiger partial charge is 0.493 e. The van der Waals surface area contributed by atoms with Crippen LogP contribution in [0.1, 0.15) is 5.56 Å². The third-order valence-corrected chi connectivity index (χ3v) is 2.07. The zero-order valence-electron chi connectivity index (χ0n) is 10.4. The molecule has 102 valence electrons. The van der Waals surface area contributed by atoms with E-state index < -0.39 is 4.92 Å². The van der Waals surface area contributed by atoms with Crippen molar-refractivity contribution in [3.8, 4) is 11.5 Å². The van der Waals surface area contributed by atoms with Crippen LogP contribution in [0, 0.1) is 10.1 Å². The monoisotopic (exact) mass is 267 g/mol. The minimum Gasteiger partial charge on any atom is -0.493 e. The summed E-state index contributed by atoms with van der Waals surface area (Å²) in [5.74, 6) is 0.276. The van der Waals surface area contributed by atoms with E-state index in [9.17, 15) is 10.1 Å². The summed E-state index contributed by atoms with van der Waals surface area (Å²) in [5, 5.41) is 17.8. The second-order valence-corrected chi connectivity index (χ2v) is 3.30. The maximum absolute atomic E-state index is 10.8. The van der Waals surface area contributed by atoms with Gasteiger partial charge < -0.3 is 20.9 Å². The Morgan fingerprint density at radius 3 is 2.53 bits per heavy atom. The van der Waals surface area contributed by atoms with E-state index in [1.165, 1.54) is 32.6 Å². The van der Waals surface area contributed by atoms with E-state index in [4.69, 9.17) is 20.9 Å². The lowest BCUT2D eigenvalue weighted by Crippen LogP contribution is -2.21. The lowest BCUT2D eigenvalue weighted by Gasteiger charge is -2.09. The Hall–Kier alpha value is -2.84. The number of hydrogen-bond acceptors (Lipinski definition) is 6. The van der Waals surface area contributed by atoms with E-state index in [0.717, 1.165) is 0 Å². The Bertz CT molecular complexity index is 537. The van der Waals surface area contributed by atoms with Crippen LogP contribution in [0.4, 0.5) is 5.69 Å². The van der Waals surface area contributed by atoms with E-state index >= 15 is 0 Å². The van der Waals surface area contributed by atoms with Crippen LogP contribution in [0.25, 0.3) is 0 Å². The van der Waals surface area contributed by atoms with Gasteiger partial charge in [-0.1, -0.05) is 0 Å². The summed E-state index contributed by atoms with van der Waals surface area (Å²) < 4.78 is 10.1. The van der Waals surface area contributed by atoms with Crippen molar-refractivity contribution < 1.29 is 14.4 Å².